The Morgan fingerprint density at radius 1 is 1.16 bits per heavy atom. The molecule has 1 aromatic heterocycles. The van der Waals surface area contributed by atoms with E-state index in [4.69, 9.17) is 21.8 Å². The fourth-order valence-electron chi connectivity index (χ4n) is 4.63. The lowest BCUT2D eigenvalue weighted by molar-refractivity contribution is -0.137. The van der Waals surface area contributed by atoms with Gasteiger partial charge in [-0.2, -0.15) is 23.0 Å². The molecular formula is C21H24ClF3N4O3. The van der Waals surface area contributed by atoms with Gasteiger partial charge in [0.15, 0.2) is 6.29 Å². The van der Waals surface area contributed by atoms with Gasteiger partial charge >= 0.3 is 12.2 Å². The van der Waals surface area contributed by atoms with Gasteiger partial charge in [-0.1, -0.05) is 11.6 Å². The first-order valence-corrected chi connectivity index (χ1v) is 10.7. The summed E-state index contributed by atoms with van der Waals surface area (Å²) < 4.78 is 40.3. The highest BCUT2D eigenvalue weighted by Gasteiger charge is 2.41. The molecule has 1 aromatic carbocycles. The SMILES string of the molecule is O=C(N1CCC2(CCN(Cc3cc(Cl)cc(C(F)(F)F)c3)C2)CC1)n1ccc(C(O)O)n1. The van der Waals surface area contributed by atoms with E-state index in [0.29, 0.717) is 25.2 Å². The van der Waals surface area contributed by atoms with Crippen LogP contribution in [0.1, 0.15) is 42.4 Å². The Morgan fingerprint density at radius 2 is 1.84 bits per heavy atom. The Hall–Kier alpha value is -2.14. The van der Waals surface area contributed by atoms with Crippen molar-refractivity contribution in [2.24, 2.45) is 5.41 Å². The number of carbonyl (C=O) groups excluding carboxylic acids is 1. The number of alkyl halides is 3. The second kappa shape index (κ2) is 8.66. The van der Waals surface area contributed by atoms with E-state index in [1.807, 2.05) is 0 Å². The van der Waals surface area contributed by atoms with E-state index >= 15 is 0 Å². The lowest BCUT2D eigenvalue weighted by atomic mass is 9.78. The van der Waals surface area contributed by atoms with Crippen molar-refractivity contribution < 1.29 is 28.2 Å². The summed E-state index contributed by atoms with van der Waals surface area (Å²) in [7, 11) is 0. The van der Waals surface area contributed by atoms with Gasteiger partial charge in [0.05, 0.1) is 5.56 Å². The van der Waals surface area contributed by atoms with Crippen LogP contribution in [0.15, 0.2) is 30.5 Å². The second-order valence-electron chi connectivity index (χ2n) is 8.64. The predicted octanol–water partition coefficient (Wildman–Crippen LogP) is 3.49. The number of aliphatic hydroxyl groups is 2. The van der Waals surface area contributed by atoms with Crippen LogP contribution in [0, 0.1) is 5.41 Å². The van der Waals surface area contributed by atoms with Crippen molar-refractivity contribution in [3.05, 3.63) is 52.3 Å². The van der Waals surface area contributed by atoms with Crippen LogP contribution in [-0.2, 0) is 12.7 Å². The van der Waals surface area contributed by atoms with Crippen molar-refractivity contribution in [3.63, 3.8) is 0 Å². The van der Waals surface area contributed by atoms with Gasteiger partial charge in [-0.25, -0.2) is 4.79 Å². The van der Waals surface area contributed by atoms with Gasteiger partial charge in [0.25, 0.3) is 0 Å². The van der Waals surface area contributed by atoms with Crippen molar-refractivity contribution in [3.8, 4) is 0 Å². The third-order valence-electron chi connectivity index (χ3n) is 6.37. The number of aliphatic hydroxyl groups excluding tert-OH is 1. The van der Waals surface area contributed by atoms with Crippen LogP contribution in [-0.4, -0.2) is 62.0 Å². The number of halogens is 4. The monoisotopic (exact) mass is 472 g/mol. The Balaban J connectivity index is 1.35. The summed E-state index contributed by atoms with van der Waals surface area (Å²) in [4.78, 5) is 16.5. The molecule has 0 unspecified atom stereocenters. The number of likely N-dealkylation sites (tertiary alicyclic amines) is 2. The number of nitrogens with zero attached hydrogens (tertiary/aromatic N) is 4. The molecule has 11 heteroatoms. The number of carbonyl (C=O) groups is 1. The van der Waals surface area contributed by atoms with E-state index < -0.39 is 18.0 Å². The van der Waals surface area contributed by atoms with Gasteiger partial charge in [-0.15, -0.1) is 0 Å². The molecule has 2 saturated heterocycles. The first-order chi connectivity index (χ1) is 15.0. The maximum Gasteiger partial charge on any atom is 0.416 e. The summed E-state index contributed by atoms with van der Waals surface area (Å²) in [6.45, 7) is 3.01. The Labute approximate surface area is 188 Å². The Bertz CT molecular complexity index is 987. The average molecular weight is 473 g/mol. The molecule has 0 atom stereocenters. The topological polar surface area (TPSA) is 81.8 Å². The van der Waals surface area contributed by atoms with Crippen LogP contribution in [0.2, 0.25) is 5.02 Å². The average Bonchev–Trinajstić information content (AvgIpc) is 3.35. The summed E-state index contributed by atoms with van der Waals surface area (Å²) in [6.07, 6.45) is -2.27. The van der Waals surface area contributed by atoms with Crippen molar-refractivity contribution in [2.75, 3.05) is 26.2 Å². The molecule has 0 bridgehead atoms. The smallest absolute Gasteiger partial charge is 0.363 e. The Morgan fingerprint density at radius 3 is 2.47 bits per heavy atom. The molecule has 0 saturated carbocycles. The minimum Gasteiger partial charge on any atom is -0.363 e. The largest absolute Gasteiger partial charge is 0.416 e. The highest BCUT2D eigenvalue weighted by molar-refractivity contribution is 6.30. The van der Waals surface area contributed by atoms with Gasteiger partial charge in [0.2, 0.25) is 0 Å². The third kappa shape index (κ3) is 4.93. The fourth-order valence-corrected chi connectivity index (χ4v) is 4.89. The van der Waals surface area contributed by atoms with E-state index in [0.717, 1.165) is 49.2 Å². The molecule has 0 radical (unpaired) electrons. The molecule has 4 rings (SSSR count). The number of rotatable bonds is 3. The minimum absolute atomic E-state index is 0.00737. The van der Waals surface area contributed by atoms with Crippen LogP contribution in [0.3, 0.4) is 0 Å². The van der Waals surface area contributed by atoms with Crippen molar-refractivity contribution in [1.82, 2.24) is 19.6 Å². The summed E-state index contributed by atoms with van der Waals surface area (Å²) >= 11 is 5.91. The molecule has 2 aliphatic rings. The van der Waals surface area contributed by atoms with Crippen molar-refractivity contribution in [2.45, 2.75) is 38.3 Å². The zero-order valence-corrected chi connectivity index (χ0v) is 18.0. The molecule has 7 nitrogen and oxygen atoms in total. The Kier molecular flexibility index (Phi) is 6.23. The van der Waals surface area contributed by atoms with Crippen molar-refractivity contribution >= 4 is 17.6 Å². The second-order valence-corrected chi connectivity index (χ2v) is 9.07. The lowest BCUT2D eigenvalue weighted by Crippen LogP contribution is -2.45. The number of aromatic nitrogens is 2. The van der Waals surface area contributed by atoms with Crippen LogP contribution in [0.25, 0.3) is 0 Å². The van der Waals surface area contributed by atoms with Crippen LogP contribution in [0.5, 0.6) is 0 Å². The molecule has 32 heavy (non-hydrogen) atoms. The van der Waals surface area contributed by atoms with Gasteiger partial charge in [0.1, 0.15) is 5.69 Å². The quantitative estimate of drug-likeness (QED) is 0.668. The molecule has 0 aliphatic carbocycles. The predicted molar refractivity (Wildman–Crippen MR) is 110 cm³/mol. The molecule has 2 aromatic rings. The molecule has 2 N–H and O–H groups in total. The summed E-state index contributed by atoms with van der Waals surface area (Å²) in [5.74, 6) is 0. The number of piperidine rings is 1. The number of hydrogen-bond donors (Lipinski definition) is 2. The molecule has 2 fully saturated rings. The highest BCUT2D eigenvalue weighted by atomic mass is 35.5. The number of amides is 1. The lowest BCUT2D eigenvalue weighted by Gasteiger charge is -2.39. The van der Waals surface area contributed by atoms with E-state index in [1.165, 1.54) is 12.3 Å². The molecule has 1 spiro atoms. The zero-order chi connectivity index (χ0) is 23.1. The summed E-state index contributed by atoms with van der Waals surface area (Å²) in [6, 6.07) is 4.72. The zero-order valence-electron chi connectivity index (χ0n) is 17.2. The normalized spacial score (nSPS) is 19.3. The van der Waals surface area contributed by atoms with Gasteiger partial charge in [-0.05, 0) is 61.1 Å². The first-order valence-electron chi connectivity index (χ1n) is 10.3. The van der Waals surface area contributed by atoms with Gasteiger partial charge in [0, 0.05) is 37.4 Å². The molecular weight excluding hydrogens is 449 g/mol. The highest BCUT2D eigenvalue weighted by Crippen LogP contribution is 2.41. The molecule has 3 heterocycles. The molecule has 174 valence electrons. The minimum atomic E-state index is -4.43. The van der Waals surface area contributed by atoms with Gasteiger partial charge < -0.3 is 15.1 Å². The van der Waals surface area contributed by atoms with Crippen LogP contribution >= 0.6 is 11.6 Å². The van der Waals surface area contributed by atoms with E-state index in [9.17, 15) is 18.0 Å². The summed E-state index contributed by atoms with van der Waals surface area (Å²) in [5, 5.41) is 22.3. The van der Waals surface area contributed by atoms with E-state index in [-0.39, 0.29) is 22.2 Å². The fraction of sp³-hybridized carbons (Fsp3) is 0.524. The van der Waals surface area contributed by atoms with Crippen LogP contribution < -0.4 is 0 Å². The molecule has 2 aliphatic heterocycles. The first kappa shape index (κ1) is 23.0. The van der Waals surface area contributed by atoms with E-state index in [1.54, 1.807) is 11.0 Å². The summed E-state index contributed by atoms with van der Waals surface area (Å²) in [5.41, 5.74) is -0.169. The van der Waals surface area contributed by atoms with Gasteiger partial charge in [-0.3, -0.25) is 4.90 Å². The maximum absolute atomic E-state index is 13.1. The van der Waals surface area contributed by atoms with E-state index in [2.05, 4.69) is 10.00 Å². The van der Waals surface area contributed by atoms with Crippen LogP contribution in [0.4, 0.5) is 18.0 Å². The van der Waals surface area contributed by atoms with Crippen molar-refractivity contribution in [1.29, 1.82) is 0 Å². The maximum atomic E-state index is 13.1. The number of hydrogen-bond acceptors (Lipinski definition) is 5. The third-order valence-corrected chi connectivity index (χ3v) is 6.59. The molecule has 1 amide bonds. The standard InChI is InChI=1S/C21H24ClF3N4O3/c22-16-10-14(9-15(11-16)21(23,24)25)12-27-6-2-20(13-27)3-7-28(8-4-20)19(32)29-5-1-17(26-29)18(30)31/h1,5,9-11,18,30-31H,2-4,6-8,12-13H2. The number of benzene rings is 1.